The SMILES string of the molecule is CCN1CCCC(C(C)NCCCCOC)C1. The standard InChI is InChI=1S/C14H30N2O/c1-4-16-10-7-8-14(12-16)13(2)15-9-5-6-11-17-3/h13-15H,4-12H2,1-3H3. The third-order valence-electron chi connectivity index (χ3n) is 3.94. The molecule has 0 aliphatic carbocycles. The third-order valence-corrected chi connectivity index (χ3v) is 3.94. The first-order chi connectivity index (χ1) is 8.27. The molecular weight excluding hydrogens is 212 g/mol. The van der Waals surface area contributed by atoms with Crippen molar-refractivity contribution < 1.29 is 4.74 Å². The molecule has 3 nitrogen and oxygen atoms in total. The van der Waals surface area contributed by atoms with E-state index in [1.807, 2.05) is 0 Å². The Bertz CT molecular complexity index is 187. The Morgan fingerprint density at radius 1 is 1.41 bits per heavy atom. The second kappa shape index (κ2) is 8.90. The molecule has 0 bridgehead atoms. The Morgan fingerprint density at radius 2 is 2.24 bits per heavy atom. The second-order valence-corrected chi connectivity index (χ2v) is 5.24. The summed E-state index contributed by atoms with van der Waals surface area (Å²) in [5.74, 6) is 0.839. The van der Waals surface area contributed by atoms with E-state index in [9.17, 15) is 0 Å². The van der Waals surface area contributed by atoms with Crippen molar-refractivity contribution in [3.05, 3.63) is 0 Å². The minimum atomic E-state index is 0.659. The molecule has 3 heteroatoms. The van der Waals surface area contributed by atoms with Gasteiger partial charge in [0.1, 0.15) is 0 Å². The van der Waals surface area contributed by atoms with E-state index in [-0.39, 0.29) is 0 Å². The Kier molecular flexibility index (Phi) is 7.82. The fourth-order valence-corrected chi connectivity index (χ4v) is 2.65. The number of rotatable bonds is 8. The predicted octanol–water partition coefficient (Wildman–Crippen LogP) is 2.12. The fourth-order valence-electron chi connectivity index (χ4n) is 2.65. The molecule has 0 aromatic heterocycles. The maximum atomic E-state index is 5.06. The maximum Gasteiger partial charge on any atom is 0.0462 e. The highest BCUT2D eigenvalue weighted by molar-refractivity contribution is 4.79. The van der Waals surface area contributed by atoms with Gasteiger partial charge in [0.2, 0.25) is 0 Å². The van der Waals surface area contributed by atoms with Crippen molar-refractivity contribution in [2.45, 2.75) is 45.6 Å². The van der Waals surface area contributed by atoms with Gasteiger partial charge in [0, 0.05) is 26.3 Å². The molecule has 1 aliphatic rings. The highest BCUT2D eigenvalue weighted by Gasteiger charge is 2.23. The molecule has 102 valence electrons. The summed E-state index contributed by atoms with van der Waals surface area (Å²) in [6, 6.07) is 0.659. The minimum absolute atomic E-state index is 0.659. The fraction of sp³-hybridized carbons (Fsp3) is 1.00. The molecule has 2 unspecified atom stereocenters. The van der Waals surface area contributed by atoms with Crippen LogP contribution < -0.4 is 5.32 Å². The van der Waals surface area contributed by atoms with Crippen LogP contribution in [0.2, 0.25) is 0 Å². The van der Waals surface area contributed by atoms with Gasteiger partial charge in [-0.2, -0.15) is 0 Å². The summed E-state index contributed by atoms with van der Waals surface area (Å²) < 4.78 is 5.06. The minimum Gasteiger partial charge on any atom is -0.385 e. The molecule has 1 rings (SSSR count). The lowest BCUT2D eigenvalue weighted by Crippen LogP contribution is -2.44. The van der Waals surface area contributed by atoms with Gasteiger partial charge >= 0.3 is 0 Å². The van der Waals surface area contributed by atoms with E-state index in [1.54, 1.807) is 7.11 Å². The lowest BCUT2D eigenvalue weighted by molar-refractivity contribution is 0.156. The van der Waals surface area contributed by atoms with Crippen LogP contribution in [0.5, 0.6) is 0 Å². The number of nitrogens with zero attached hydrogens (tertiary/aromatic N) is 1. The molecule has 0 radical (unpaired) electrons. The number of nitrogens with one attached hydrogen (secondary N) is 1. The zero-order valence-electron chi connectivity index (χ0n) is 11.9. The number of likely N-dealkylation sites (tertiary alicyclic amines) is 1. The van der Waals surface area contributed by atoms with E-state index in [4.69, 9.17) is 4.74 Å². The molecule has 17 heavy (non-hydrogen) atoms. The van der Waals surface area contributed by atoms with Crippen molar-refractivity contribution in [3.63, 3.8) is 0 Å². The van der Waals surface area contributed by atoms with E-state index in [0.717, 1.165) is 19.1 Å². The van der Waals surface area contributed by atoms with E-state index < -0.39 is 0 Å². The number of unbranched alkanes of at least 4 members (excludes halogenated alkanes) is 1. The van der Waals surface area contributed by atoms with Crippen molar-refractivity contribution in [2.75, 3.05) is 39.9 Å². The van der Waals surface area contributed by atoms with Gasteiger partial charge in [-0.25, -0.2) is 0 Å². The van der Waals surface area contributed by atoms with Gasteiger partial charge in [-0.1, -0.05) is 6.92 Å². The van der Waals surface area contributed by atoms with Crippen LogP contribution in [-0.2, 0) is 4.74 Å². The molecule has 1 heterocycles. The lowest BCUT2D eigenvalue weighted by Gasteiger charge is -2.35. The van der Waals surface area contributed by atoms with Crippen molar-refractivity contribution in [1.82, 2.24) is 10.2 Å². The molecular formula is C14H30N2O. The number of ether oxygens (including phenoxy) is 1. The van der Waals surface area contributed by atoms with Gasteiger partial charge in [0.15, 0.2) is 0 Å². The van der Waals surface area contributed by atoms with Gasteiger partial charge in [-0.3, -0.25) is 0 Å². The van der Waals surface area contributed by atoms with E-state index >= 15 is 0 Å². The zero-order valence-corrected chi connectivity index (χ0v) is 11.9. The highest BCUT2D eigenvalue weighted by Crippen LogP contribution is 2.19. The van der Waals surface area contributed by atoms with Gasteiger partial charge in [0.05, 0.1) is 0 Å². The highest BCUT2D eigenvalue weighted by atomic mass is 16.5. The first-order valence-corrected chi connectivity index (χ1v) is 7.22. The van der Waals surface area contributed by atoms with Crippen molar-refractivity contribution in [1.29, 1.82) is 0 Å². The van der Waals surface area contributed by atoms with Crippen LogP contribution in [0.15, 0.2) is 0 Å². The number of hydrogen-bond donors (Lipinski definition) is 1. The average Bonchev–Trinajstić information content (AvgIpc) is 2.38. The molecule has 1 fully saturated rings. The lowest BCUT2D eigenvalue weighted by atomic mass is 9.91. The van der Waals surface area contributed by atoms with Gasteiger partial charge in [-0.15, -0.1) is 0 Å². The van der Waals surface area contributed by atoms with Crippen LogP contribution in [0.25, 0.3) is 0 Å². The summed E-state index contributed by atoms with van der Waals surface area (Å²) in [7, 11) is 1.78. The first kappa shape index (κ1) is 14.9. The van der Waals surface area contributed by atoms with Crippen LogP contribution >= 0.6 is 0 Å². The van der Waals surface area contributed by atoms with Crippen molar-refractivity contribution in [2.24, 2.45) is 5.92 Å². The van der Waals surface area contributed by atoms with Crippen molar-refractivity contribution >= 4 is 0 Å². The smallest absolute Gasteiger partial charge is 0.0462 e. The van der Waals surface area contributed by atoms with Crippen LogP contribution in [0, 0.1) is 5.92 Å². The third kappa shape index (κ3) is 5.84. The molecule has 0 saturated carbocycles. The van der Waals surface area contributed by atoms with Crippen LogP contribution in [0.4, 0.5) is 0 Å². The number of methoxy groups -OCH3 is 1. The summed E-state index contributed by atoms with van der Waals surface area (Å²) in [6.45, 7) is 10.4. The van der Waals surface area contributed by atoms with E-state index in [1.165, 1.54) is 45.3 Å². The molecule has 2 atom stereocenters. The maximum absolute atomic E-state index is 5.06. The van der Waals surface area contributed by atoms with Gasteiger partial charge < -0.3 is 15.0 Å². The molecule has 0 spiro atoms. The Balaban J connectivity index is 2.11. The molecule has 0 aromatic carbocycles. The van der Waals surface area contributed by atoms with Gasteiger partial charge in [0.25, 0.3) is 0 Å². The summed E-state index contributed by atoms with van der Waals surface area (Å²) in [6.07, 6.45) is 5.15. The summed E-state index contributed by atoms with van der Waals surface area (Å²) >= 11 is 0. The number of hydrogen-bond acceptors (Lipinski definition) is 3. The second-order valence-electron chi connectivity index (χ2n) is 5.24. The molecule has 1 saturated heterocycles. The zero-order chi connectivity index (χ0) is 12.5. The summed E-state index contributed by atoms with van der Waals surface area (Å²) in [5.41, 5.74) is 0. The Morgan fingerprint density at radius 3 is 2.94 bits per heavy atom. The molecule has 1 aliphatic heterocycles. The van der Waals surface area contributed by atoms with E-state index in [0.29, 0.717) is 6.04 Å². The van der Waals surface area contributed by atoms with Crippen LogP contribution in [-0.4, -0.2) is 50.8 Å². The van der Waals surface area contributed by atoms with Crippen molar-refractivity contribution in [3.8, 4) is 0 Å². The van der Waals surface area contributed by atoms with Crippen LogP contribution in [0.3, 0.4) is 0 Å². The predicted molar refractivity (Wildman–Crippen MR) is 73.4 cm³/mol. The van der Waals surface area contributed by atoms with Gasteiger partial charge in [-0.05, 0) is 58.2 Å². The molecule has 0 amide bonds. The summed E-state index contributed by atoms with van der Waals surface area (Å²) in [5, 5.41) is 3.67. The number of piperidine rings is 1. The molecule has 0 aromatic rings. The summed E-state index contributed by atoms with van der Waals surface area (Å²) in [4.78, 5) is 2.58. The average molecular weight is 242 g/mol. The first-order valence-electron chi connectivity index (χ1n) is 7.22. The Hall–Kier alpha value is -0.120. The van der Waals surface area contributed by atoms with Crippen LogP contribution in [0.1, 0.15) is 39.5 Å². The monoisotopic (exact) mass is 242 g/mol. The topological polar surface area (TPSA) is 24.5 Å². The largest absolute Gasteiger partial charge is 0.385 e. The Labute approximate surface area is 107 Å². The normalized spacial score (nSPS) is 23.8. The molecule has 1 N–H and O–H groups in total. The quantitative estimate of drug-likeness (QED) is 0.660. The van der Waals surface area contributed by atoms with E-state index in [2.05, 4.69) is 24.1 Å².